The Morgan fingerprint density at radius 1 is 1.11 bits per heavy atom. The van der Waals surface area contributed by atoms with Gasteiger partial charge in [-0.25, -0.2) is 0 Å². The molecule has 28 heavy (non-hydrogen) atoms. The van der Waals surface area contributed by atoms with Gasteiger partial charge in [-0.1, -0.05) is 13.8 Å². The minimum atomic E-state index is -0.0883. The van der Waals surface area contributed by atoms with Gasteiger partial charge in [-0.2, -0.15) is 0 Å². The third-order valence-electron chi connectivity index (χ3n) is 6.06. The van der Waals surface area contributed by atoms with Crippen LogP contribution in [0.4, 0.5) is 0 Å². The van der Waals surface area contributed by atoms with E-state index in [-0.39, 0.29) is 11.7 Å². The molecule has 3 aromatic rings. The number of likely N-dealkylation sites (N-methyl/N-ethyl adjacent to an activating group) is 1. The lowest BCUT2D eigenvalue weighted by Crippen LogP contribution is -2.27. The van der Waals surface area contributed by atoms with E-state index in [1.807, 2.05) is 24.3 Å². The monoisotopic (exact) mass is 377 g/mol. The van der Waals surface area contributed by atoms with E-state index < -0.39 is 0 Å². The van der Waals surface area contributed by atoms with Gasteiger partial charge in [0.25, 0.3) is 5.91 Å². The Hall–Kier alpha value is -2.66. The molecule has 1 heterocycles. The first kappa shape index (κ1) is 18.7. The fourth-order valence-electron chi connectivity index (χ4n) is 4.46. The van der Waals surface area contributed by atoms with E-state index in [4.69, 9.17) is 0 Å². The Kier molecular flexibility index (Phi) is 4.94. The van der Waals surface area contributed by atoms with Gasteiger partial charge in [0.15, 0.2) is 5.78 Å². The maximum Gasteiger partial charge on any atom is 0.251 e. The Morgan fingerprint density at radius 3 is 2.57 bits per heavy atom. The number of hydrogen-bond donors (Lipinski definition) is 1. The van der Waals surface area contributed by atoms with Gasteiger partial charge in [-0.15, -0.1) is 0 Å². The number of fused-ring (bicyclic) bond motifs is 5. The highest BCUT2D eigenvalue weighted by Gasteiger charge is 2.25. The van der Waals surface area contributed by atoms with Gasteiger partial charge in [0, 0.05) is 59.5 Å². The summed E-state index contributed by atoms with van der Waals surface area (Å²) in [6.45, 7) is 8.27. The number of amides is 1. The Bertz CT molecular complexity index is 1080. The third kappa shape index (κ3) is 2.90. The van der Waals surface area contributed by atoms with E-state index in [1.54, 1.807) is 7.05 Å². The number of carbonyl (C=O) groups is 2. The maximum atomic E-state index is 12.3. The highest BCUT2D eigenvalue weighted by Crippen LogP contribution is 2.37. The molecule has 0 spiro atoms. The molecule has 1 aliphatic carbocycles. The lowest BCUT2D eigenvalue weighted by molar-refractivity contribution is 0.0961. The summed E-state index contributed by atoms with van der Waals surface area (Å²) in [6, 6.07) is 9.98. The molecule has 5 nitrogen and oxygen atoms in total. The Morgan fingerprint density at radius 2 is 1.86 bits per heavy atom. The summed E-state index contributed by atoms with van der Waals surface area (Å²) < 4.78 is 2.35. The molecule has 1 aliphatic rings. The van der Waals surface area contributed by atoms with Crippen LogP contribution >= 0.6 is 0 Å². The number of aromatic nitrogens is 1. The van der Waals surface area contributed by atoms with E-state index >= 15 is 0 Å². The standard InChI is InChI=1S/C23H27N3O2/c1-4-25(5-2)12-13-26-19-9-6-15(23(28)24-3)14-18(19)22-17-8-11-21(27)16(17)7-10-20(22)26/h6-7,9-10,14H,4-5,8,11-13H2,1-3H3,(H,24,28). The van der Waals surface area contributed by atoms with E-state index in [0.717, 1.165) is 65.5 Å². The van der Waals surface area contributed by atoms with E-state index in [2.05, 4.69) is 34.7 Å². The molecule has 1 aromatic heterocycles. The normalized spacial score (nSPS) is 13.6. The first-order valence-electron chi connectivity index (χ1n) is 10.1. The number of hydrogen-bond acceptors (Lipinski definition) is 3. The summed E-state index contributed by atoms with van der Waals surface area (Å²) in [4.78, 5) is 26.9. The number of aryl methyl sites for hydroxylation is 1. The highest BCUT2D eigenvalue weighted by molar-refractivity contribution is 6.16. The second-order valence-electron chi connectivity index (χ2n) is 7.40. The van der Waals surface area contributed by atoms with Crippen molar-refractivity contribution in [3.8, 4) is 0 Å². The van der Waals surface area contributed by atoms with Crippen LogP contribution < -0.4 is 5.32 Å². The van der Waals surface area contributed by atoms with Crippen LogP contribution in [0, 0.1) is 0 Å². The summed E-state index contributed by atoms with van der Waals surface area (Å²) in [5.41, 5.74) is 4.93. The molecule has 0 radical (unpaired) electrons. The van der Waals surface area contributed by atoms with Crippen LogP contribution in [-0.2, 0) is 13.0 Å². The minimum absolute atomic E-state index is 0.0883. The molecule has 0 atom stereocenters. The summed E-state index contributed by atoms with van der Waals surface area (Å²) in [7, 11) is 1.65. The van der Waals surface area contributed by atoms with Crippen LogP contribution in [0.25, 0.3) is 21.8 Å². The lowest BCUT2D eigenvalue weighted by atomic mass is 10.0. The molecule has 1 amide bonds. The average molecular weight is 377 g/mol. The smallest absolute Gasteiger partial charge is 0.251 e. The zero-order valence-electron chi connectivity index (χ0n) is 16.8. The predicted molar refractivity (Wildman–Crippen MR) is 113 cm³/mol. The van der Waals surface area contributed by atoms with Gasteiger partial charge in [0.1, 0.15) is 0 Å². The molecule has 5 heteroatoms. The zero-order chi connectivity index (χ0) is 19.8. The number of ketones is 1. The minimum Gasteiger partial charge on any atom is -0.355 e. The van der Waals surface area contributed by atoms with Gasteiger partial charge in [-0.3, -0.25) is 9.59 Å². The maximum absolute atomic E-state index is 12.3. The summed E-state index contributed by atoms with van der Waals surface area (Å²) >= 11 is 0. The quantitative estimate of drug-likeness (QED) is 0.714. The first-order chi connectivity index (χ1) is 13.6. The molecule has 1 N–H and O–H groups in total. The van der Waals surface area contributed by atoms with E-state index in [9.17, 15) is 9.59 Å². The molecule has 0 bridgehead atoms. The van der Waals surface area contributed by atoms with Crippen LogP contribution in [0.3, 0.4) is 0 Å². The van der Waals surface area contributed by atoms with Crippen LogP contribution in [0.2, 0.25) is 0 Å². The van der Waals surface area contributed by atoms with Gasteiger partial charge in [0.2, 0.25) is 0 Å². The number of rotatable bonds is 6. The van der Waals surface area contributed by atoms with Crippen LogP contribution in [0.15, 0.2) is 30.3 Å². The van der Waals surface area contributed by atoms with Crippen molar-refractivity contribution < 1.29 is 9.59 Å². The molecule has 146 valence electrons. The topological polar surface area (TPSA) is 54.3 Å². The lowest BCUT2D eigenvalue weighted by Gasteiger charge is -2.19. The average Bonchev–Trinajstić information content (AvgIpc) is 3.25. The molecule has 2 aromatic carbocycles. The second kappa shape index (κ2) is 7.40. The van der Waals surface area contributed by atoms with Crippen molar-refractivity contribution in [2.45, 2.75) is 33.2 Å². The van der Waals surface area contributed by atoms with Gasteiger partial charge < -0.3 is 14.8 Å². The number of nitrogens with one attached hydrogen (secondary N) is 1. The number of carbonyl (C=O) groups excluding carboxylic acids is 2. The third-order valence-corrected chi connectivity index (χ3v) is 6.06. The van der Waals surface area contributed by atoms with Crippen molar-refractivity contribution in [2.24, 2.45) is 0 Å². The van der Waals surface area contributed by atoms with Gasteiger partial charge in [0.05, 0.1) is 0 Å². The van der Waals surface area contributed by atoms with Gasteiger partial charge >= 0.3 is 0 Å². The molecule has 0 unspecified atom stereocenters. The number of nitrogens with zero attached hydrogens (tertiary/aromatic N) is 2. The van der Waals surface area contributed by atoms with Crippen molar-refractivity contribution in [1.29, 1.82) is 0 Å². The number of benzene rings is 2. The van der Waals surface area contributed by atoms with Crippen LogP contribution in [-0.4, -0.2) is 47.8 Å². The van der Waals surface area contributed by atoms with Crippen molar-refractivity contribution in [1.82, 2.24) is 14.8 Å². The summed E-state index contributed by atoms with van der Waals surface area (Å²) in [6.07, 6.45) is 1.36. The van der Waals surface area contributed by atoms with Crippen LogP contribution in [0.5, 0.6) is 0 Å². The zero-order valence-corrected chi connectivity index (χ0v) is 16.8. The fraction of sp³-hybridized carbons (Fsp3) is 0.391. The largest absolute Gasteiger partial charge is 0.355 e. The summed E-state index contributed by atoms with van der Waals surface area (Å²) in [5.74, 6) is 0.137. The SMILES string of the molecule is CCN(CC)CCn1c2ccc(C(=O)NC)cc2c2c3c(ccc21)C(=O)CC3. The van der Waals surface area contributed by atoms with E-state index in [0.29, 0.717) is 12.0 Å². The fourth-order valence-corrected chi connectivity index (χ4v) is 4.46. The van der Waals surface area contributed by atoms with Crippen molar-refractivity contribution in [3.05, 3.63) is 47.0 Å². The molecule has 0 saturated carbocycles. The molecular weight excluding hydrogens is 350 g/mol. The highest BCUT2D eigenvalue weighted by atomic mass is 16.1. The summed E-state index contributed by atoms with van der Waals surface area (Å²) in [5, 5.41) is 4.92. The van der Waals surface area contributed by atoms with Crippen molar-refractivity contribution >= 4 is 33.5 Å². The Balaban J connectivity index is 1.95. The predicted octanol–water partition coefficient (Wildman–Crippen LogP) is 3.62. The van der Waals surface area contributed by atoms with Crippen molar-refractivity contribution in [3.63, 3.8) is 0 Å². The van der Waals surface area contributed by atoms with Crippen LogP contribution in [0.1, 0.15) is 46.5 Å². The second-order valence-corrected chi connectivity index (χ2v) is 7.40. The molecule has 0 saturated heterocycles. The molecule has 0 fully saturated rings. The molecule has 4 rings (SSSR count). The van der Waals surface area contributed by atoms with E-state index in [1.165, 1.54) is 0 Å². The van der Waals surface area contributed by atoms with Crippen molar-refractivity contribution in [2.75, 3.05) is 26.7 Å². The Labute approximate surface area is 165 Å². The number of Topliss-reactive ketones (excluding diaryl/α,β-unsaturated/α-hetero) is 1. The molecular formula is C23H27N3O2. The van der Waals surface area contributed by atoms with Gasteiger partial charge in [-0.05, 0) is 55.4 Å². The molecule has 0 aliphatic heterocycles. The first-order valence-corrected chi connectivity index (χ1v) is 10.1.